The first-order chi connectivity index (χ1) is 12.2. The van der Waals surface area contributed by atoms with E-state index in [1.807, 2.05) is 0 Å². The lowest BCUT2D eigenvalue weighted by molar-refractivity contribution is 0.419. The number of benzene rings is 2. The fourth-order valence-electron chi connectivity index (χ4n) is 1.97. The van der Waals surface area contributed by atoms with Gasteiger partial charge in [-0.15, -0.1) is 0 Å². The first-order valence-electron chi connectivity index (χ1n) is 6.53. The molecule has 0 amide bonds. The Morgan fingerprint density at radius 2 is 1.11 bits per heavy atom. The summed E-state index contributed by atoms with van der Waals surface area (Å²) in [6.45, 7) is 0. The number of hydrogen-bond donors (Lipinski definition) is 1. The predicted octanol–water partition coefficient (Wildman–Crippen LogP) is 1.69. The summed E-state index contributed by atoms with van der Waals surface area (Å²) < 4.78 is 133. The Balaban J connectivity index is 2.52. The second-order valence-corrected chi connectivity index (χ2v) is 10.8. The molecule has 0 fully saturated rings. The molecule has 1 N–H and O–H groups in total. The van der Waals surface area contributed by atoms with Gasteiger partial charge in [0.05, 0.1) is 9.79 Å². The minimum absolute atomic E-state index is 0.244. The van der Waals surface area contributed by atoms with Crippen LogP contribution in [-0.4, -0.2) is 34.9 Å². The van der Waals surface area contributed by atoms with Crippen LogP contribution < -0.4 is 0 Å². The maximum absolute atomic E-state index is 13.6. The van der Waals surface area contributed by atoms with Gasteiger partial charge >= 0.3 is 0 Å². The Labute approximate surface area is 150 Å². The standard InChI is InChI=1S/C13H8F4O7S3/c14-9-5-10(15)12(17)13(11(9)16)26(20,21)6-25(18,19)7-1-3-8(4-2-7)27(22,23)24/h1-5H,6H2,(H,22,23,24). The number of halogens is 4. The zero-order chi connectivity index (χ0) is 20.8. The molecule has 0 saturated carbocycles. The third-order valence-electron chi connectivity index (χ3n) is 3.17. The van der Waals surface area contributed by atoms with Crippen LogP contribution in [0.3, 0.4) is 0 Å². The molecular formula is C13H8F4O7S3. The smallest absolute Gasteiger partial charge is 0.282 e. The molecule has 0 aliphatic rings. The van der Waals surface area contributed by atoms with Crippen molar-refractivity contribution in [2.75, 3.05) is 5.08 Å². The number of hydrogen-bond acceptors (Lipinski definition) is 6. The Hall–Kier alpha value is -2.03. The molecule has 7 nitrogen and oxygen atoms in total. The molecule has 0 aliphatic heterocycles. The van der Waals surface area contributed by atoms with Gasteiger partial charge in [0.1, 0.15) is 4.90 Å². The summed E-state index contributed by atoms with van der Waals surface area (Å²) in [6, 6.07) is 2.27. The first kappa shape index (κ1) is 21.3. The lowest BCUT2D eigenvalue weighted by Crippen LogP contribution is -2.20. The minimum atomic E-state index is -5.40. The van der Waals surface area contributed by atoms with Crippen molar-refractivity contribution in [1.82, 2.24) is 0 Å². The number of rotatable bonds is 5. The van der Waals surface area contributed by atoms with Crippen LogP contribution in [0.2, 0.25) is 0 Å². The molecule has 14 heteroatoms. The average molecular weight is 448 g/mol. The predicted molar refractivity (Wildman–Crippen MR) is 81.8 cm³/mol. The normalized spacial score (nSPS) is 12.9. The van der Waals surface area contributed by atoms with E-state index in [-0.39, 0.29) is 6.07 Å². The van der Waals surface area contributed by atoms with Crippen LogP contribution in [0.4, 0.5) is 17.6 Å². The Morgan fingerprint density at radius 3 is 1.52 bits per heavy atom. The van der Waals surface area contributed by atoms with Crippen molar-refractivity contribution < 1.29 is 47.4 Å². The van der Waals surface area contributed by atoms with E-state index in [2.05, 4.69) is 0 Å². The summed E-state index contributed by atoms with van der Waals surface area (Å²) in [6.07, 6.45) is 0. The lowest BCUT2D eigenvalue weighted by atomic mass is 10.3. The molecule has 0 radical (unpaired) electrons. The van der Waals surface area contributed by atoms with E-state index < -0.39 is 72.8 Å². The van der Waals surface area contributed by atoms with Crippen LogP contribution in [0.1, 0.15) is 0 Å². The molecule has 0 aromatic heterocycles. The average Bonchev–Trinajstić information content (AvgIpc) is 2.51. The molecule has 0 unspecified atom stereocenters. The van der Waals surface area contributed by atoms with Gasteiger partial charge in [-0.05, 0) is 24.3 Å². The summed E-state index contributed by atoms with van der Waals surface area (Å²) >= 11 is 0. The third kappa shape index (κ3) is 4.28. The van der Waals surface area contributed by atoms with Crippen molar-refractivity contribution in [2.45, 2.75) is 14.7 Å². The fourth-order valence-corrected chi connectivity index (χ4v) is 6.40. The van der Waals surface area contributed by atoms with Crippen LogP contribution in [0.25, 0.3) is 0 Å². The molecule has 0 heterocycles. The molecule has 148 valence electrons. The maximum Gasteiger partial charge on any atom is 0.294 e. The van der Waals surface area contributed by atoms with Crippen molar-refractivity contribution >= 4 is 29.8 Å². The summed E-state index contributed by atoms with van der Waals surface area (Å²) in [7, 11) is -14.9. The van der Waals surface area contributed by atoms with Crippen molar-refractivity contribution in [3.8, 4) is 0 Å². The van der Waals surface area contributed by atoms with Crippen LogP contribution >= 0.6 is 0 Å². The third-order valence-corrected chi connectivity index (χ3v) is 8.49. The summed E-state index contributed by atoms with van der Waals surface area (Å²) in [5.41, 5.74) is 0. The Bertz CT molecular complexity index is 1190. The van der Waals surface area contributed by atoms with E-state index >= 15 is 0 Å². The summed E-state index contributed by atoms with van der Waals surface area (Å²) in [5.74, 6) is -8.65. The Morgan fingerprint density at radius 1 is 0.704 bits per heavy atom. The molecule has 0 aliphatic carbocycles. The second-order valence-electron chi connectivity index (χ2n) is 5.09. The summed E-state index contributed by atoms with van der Waals surface area (Å²) in [5, 5.41) is -1.96. The monoisotopic (exact) mass is 448 g/mol. The quantitative estimate of drug-likeness (QED) is 0.420. The van der Waals surface area contributed by atoms with Gasteiger partial charge in [0.2, 0.25) is 0 Å². The van der Waals surface area contributed by atoms with Crippen molar-refractivity contribution in [1.29, 1.82) is 0 Å². The van der Waals surface area contributed by atoms with Gasteiger partial charge in [-0.3, -0.25) is 4.55 Å². The molecule has 27 heavy (non-hydrogen) atoms. The van der Waals surface area contributed by atoms with Gasteiger partial charge in [0.25, 0.3) is 10.1 Å². The Kier molecular flexibility index (Phi) is 5.40. The van der Waals surface area contributed by atoms with E-state index in [1.165, 1.54) is 0 Å². The molecule has 0 spiro atoms. The minimum Gasteiger partial charge on any atom is -0.282 e. The zero-order valence-corrected chi connectivity index (χ0v) is 15.2. The molecular weight excluding hydrogens is 440 g/mol. The maximum atomic E-state index is 13.6. The fraction of sp³-hybridized carbons (Fsp3) is 0.0769. The highest BCUT2D eigenvalue weighted by Crippen LogP contribution is 2.27. The van der Waals surface area contributed by atoms with Crippen LogP contribution in [-0.2, 0) is 29.8 Å². The zero-order valence-electron chi connectivity index (χ0n) is 12.7. The molecule has 2 rings (SSSR count). The highest BCUT2D eigenvalue weighted by Gasteiger charge is 2.34. The highest BCUT2D eigenvalue weighted by molar-refractivity contribution is 8.08. The highest BCUT2D eigenvalue weighted by atomic mass is 32.3. The summed E-state index contributed by atoms with van der Waals surface area (Å²) in [4.78, 5) is -3.57. The molecule has 0 atom stereocenters. The van der Waals surface area contributed by atoms with E-state index in [4.69, 9.17) is 4.55 Å². The van der Waals surface area contributed by atoms with Gasteiger partial charge in [-0.2, -0.15) is 8.42 Å². The van der Waals surface area contributed by atoms with Gasteiger partial charge in [0, 0.05) is 6.07 Å². The largest absolute Gasteiger partial charge is 0.294 e. The van der Waals surface area contributed by atoms with Gasteiger partial charge < -0.3 is 0 Å². The van der Waals surface area contributed by atoms with Crippen molar-refractivity contribution in [3.63, 3.8) is 0 Å². The second kappa shape index (κ2) is 6.85. The van der Waals surface area contributed by atoms with Crippen LogP contribution in [0, 0.1) is 23.3 Å². The van der Waals surface area contributed by atoms with E-state index in [1.54, 1.807) is 0 Å². The molecule has 0 bridgehead atoms. The lowest BCUT2D eigenvalue weighted by Gasteiger charge is -2.09. The van der Waals surface area contributed by atoms with Crippen molar-refractivity contribution in [3.05, 3.63) is 53.6 Å². The molecule has 2 aromatic rings. The topological polar surface area (TPSA) is 123 Å². The van der Waals surface area contributed by atoms with E-state index in [0.717, 1.165) is 0 Å². The van der Waals surface area contributed by atoms with Crippen LogP contribution in [0.15, 0.2) is 45.0 Å². The van der Waals surface area contributed by atoms with Crippen molar-refractivity contribution in [2.24, 2.45) is 0 Å². The first-order valence-corrected chi connectivity index (χ1v) is 11.3. The molecule has 0 saturated heterocycles. The van der Waals surface area contributed by atoms with E-state index in [9.17, 15) is 42.8 Å². The van der Waals surface area contributed by atoms with E-state index in [0.29, 0.717) is 24.3 Å². The van der Waals surface area contributed by atoms with Gasteiger partial charge in [0.15, 0.2) is 48.0 Å². The molecule has 2 aromatic carbocycles. The number of sulfone groups is 2. The van der Waals surface area contributed by atoms with Crippen LogP contribution in [0.5, 0.6) is 0 Å². The van der Waals surface area contributed by atoms with Gasteiger partial charge in [-0.1, -0.05) is 0 Å². The SMILES string of the molecule is O=S(=O)(O)c1ccc(S(=O)(=O)CS(=O)(=O)c2c(F)c(F)cc(F)c2F)cc1. The van der Waals surface area contributed by atoms with Gasteiger partial charge in [-0.25, -0.2) is 34.4 Å².